The van der Waals surface area contributed by atoms with Crippen LogP contribution in [0.5, 0.6) is 0 Å². The third-order valence-corrected chi connectivity index (χ3v) is 1.63. The summed E-state index contributed by atoms with van der Waals surface area (Å²) in [5.41, 5.74) is 0.897. The van der Waals surface area contributed by atoms with Gasteiger partial charge in [0.2, 0.25) is 12.2 Å². The van der Waals surface area contributed by atoms with Gasteiger partial charge in [0.25, 0.3) is 0 Å². The van der Waals surface area contributed by atoms with Gasteiger partial charge in [0.15, 0.2) is 0 Å². The number of hydrogen-bond acceptors (Lipinski definition) is 2. The molecule has 1 amide bonds. The van der Waals surface area contributed by atoms with E-state index in [2.05, 4.69) is 5.32 Å². The van der Waals surface area contributed by atoms with Crippen molar-refractivity contribution in [3.8, 4) is 0 Å². The SMILES string of the molecule is CCC(=O)Nc1ccccc1[C]=O. The lowest BCUT2D eigenvalue weighted by molar-refractivity contribution is -0.115. The van der Waals surface area contributed by atoms with Crippen molar-refractivity contribution in [1.29, 1.82) is 0 Å². The number of carbonyl (C=O) groups is 1. The maximum Gasteiger partial charge on any atom is 0.235 e. The van der Waals surface area contributed by atoms with Crippen LogP contribution in [0.1, 0.15) is 18.9 Å². The summed E-state index contributed by atoms with van der Waals surface area (Å²) in [4.78, 5) is 21.4. The molecule has 0 aliphatic rings. The lowest BCUT2D eigenvalue weighted by atomic mass is 10.2. The van der Waals surface area contributed by atoms with Gasteiger partial charge in [-0.05, 0) is 12.1 Å². The van der Waals surface area contributed by atoms with Crippen LogP contribution in [-0.4, -0.2) is 12.2 Å². The molecule has 3 heteroatoms. The third kappa shape index (κ3) is 2.40. The summed E-state index contributed by atoms with van der Waals surface area (Å²) in [6, 6.07) is 6.76. The second-order valence-corrected chi connectivity index (χ2v) is 2.55. The molecule has 0 saturated heterocycles. The Morgan fingerprint density at radius 3 is 2.77 bits per heavy atom. The maximum absolute atomic E-state index is 11.0. The van der Waals surface area contributed by atoms with Gasteiger partial charge >= 0.3 is 0 Å². The molecule has 1 rings (SSSR count). The predicted octanol–water partition coefficient (Wildman–Crippen LogP) is 1.49. The van der Waals surface area contributed by atoms with E-state index >= 15 is 0 Å². The molecular formula is C10H10NO2. The van der Waals surface area contributed by atoms with Gasteiger partial charge in [0, 0.05) is 12.0 Å². The van der Waals surface area contributed by atoms with Gasteiger partial charge in [0.05, 0.1) is 5.69 Å². The van der Waals surface area contributed by atoms with Crippen LogP contribution in [0.15, 0.2) is 24.3 Å². The van der Waals surface area contributed by atoms with Crippen LogP contribution in [0.2, 0.25) is 0 Å². The molecule has 1 radical (unpaired) electrons. The van der Waals surface area contributed by atoms with E-state index in [4.69, 9.17) is 0 Å². The Bertz CT molecular complexity index is 320. The van der Waals surface area contributed by atoms with E-state index < -0.39 is 0 Å². The van der Waals surface area contributed by atoms with E-state index in [-0.39, 0.29) is 5.91 Å². The number of hydrogen-bond donors (Lipinski definition) is 1. The number of amides is 1. The first-order valence-corrected chi connectivity index (χ1v) is 4.05. The smallest absolute Gasteiger partial charge is 0.235 e. The molecule has 0 unspecified atom stereocenters. The second-order valence-electron chi connectivity index (χ2n) is 2.55. The van der Waals surface area contributed by atoms with E-state index in [1.54, 1.807) is 37.5 Å². The molecule has 0 aliphatic carbocycles. The molecule has 0 heterocycles. The van der Waals surface area contributed by atoms with Gasteiger partial charge in [-0.25, -0.2) is 0 Å². The molecule has 0 bridgehead atoms. The van der Waals surface area contributed by atoms with Crippen molar-refractivity contribution in [2.45, 2.75) is 13.3 Å². The summed E-state index contributed by atoms with van der Waals surface area (Å²) < 4.78 is 0. The van der Waals surface area contributed by atoms with Crippen molar-refractivity contribution in [2.75, 3.05) is 5.32 Å². The average Bonchev–Trinajstić information content (AvgIpc) is 2.18. The summed E-state index contributed by atoms with van der Waals surface area (Å²) in [6.45, 7) is 1.75. The van der Waals surface area contributed by atoms with Crippen molar-refractivity contribution >= 4 is 17.9 Å². The minimum Gasteiger partial charge on any atom is -0.325 e. The lowest BCUT2D eigenvalue weighted by Gasteiger charge is -2.04. The van der Waals surface area contributed by atoms with Crippen molar-refractivity contribution < 1.29 is 9.59 Å². The Hall–Kier alpha value is -1.64. The molecule has 1 aromatic carbocycles. The highest BCUT2D eigenvalue weighted by molar-refractivity contribution is 5.96. The highest BCUT2D eigenvalue weighted by Gasteiger charge is 2.03. The van der Waals surface area contributed by atoms with Crippen molar-refractivity contribution in [2.24, 2.45) is 0 Å². The first kappa shape index (κ1) is 9.45. The molecule has 0 atom stereocenters. The van der Waals surface area contributed by atoms with E-state index in [1.165, 1.54) is 0 Å². The highest BCUT2D eigenvalue weighted by Crippen LogP contribution is 2.12. The Labute approximate surface area is 76.8 Å². The number of anilines is 1. The molecular weight excluding hydrogens is 166 g/mol. The van der Waals surface area contributed by atoms with Crippen LogP contribution in [-0.2, 0) is 9.59 Å². The van der Waals surface area contributed by atoms with Gasteiger partial charge in [0.1, 0.15) is 0 Å². The zero-order chi connectivity index (χ0) is 9.68. The Morgan fingerprint density at radius 2 is 2.15 bits per heavy atom. The fourth-order valence-electron chi connectivity index (χ4n) is 0.920. The quantitative estimate of drug-likeness (QED) is 0.758. The molecule has 3 nitrogen and oxygen atoms in total. The topological polar surface area (TPSA) is 46.2 Å². The molecule has 0 aliphatic heterocycles. The number of carbonyl (C=O) groups excluding carboxylic acids is 2. The second kappa shape index (κ2) is 4.40. The lowest BCUT2D eigenvalue weighted by Crippen LogP contribution is -2.10. The molecule has 1 N–H and O–H groups in total. The standard InChI is InChI=1S/C10H10NO2/c1-2-10(13)11-9-6-4-3-5-8(9)7-12/h3-6H,2H2,1H3,(H,11,13). The monoisotopic (exact) mass is 176 g/mol. The van der Waals surface area contributed by atoms with Gasteiger partial charge in [-0.15, -0.1) is 0 Å². The van der Waals surface area contributed by atoms with Crippen molar-refractivity contribution in [3.05, 3.63) is 29.8 Å². The summed E-state index contributed by atoms with van der Waals surface area (Å²) in [5, 5.41) is 2.61. The summed E-state index contributed by atoms with van der Waals surface area (Å²) in [5.74, 6) is -0.109. The third-order valence-electron chi connectivity index (χ3n) is 1.63. The molecule has 0 saturated carbocycles. The maximum atomic E-state index is 11.0. The number of nitrogens with one attached hydrogen (secondary N) is 1. The Kier molecular flexibility index (Phi) is 3.20. The summed E-state index contributed by atoms with van der Waals surface area (Å²) >= 11 is 0. The number of para-hydroxylation sites is 1. The largest absolute Gasteiger partial charge is 0.325 e. The Balaban J connectivity index is 2.87. The minimum atomic E-state index is -0.109. The minimum absolute atomic E-state index is 0.109. The summed E-state index contributed by atoms with van der Waals surface area (Å²) in [6.07, 6.45) is 2.16. The van der Waals surface area contributed by atoms with Crippen LogP contribution in [0, 0.1) is 0 Å². The fourth-order valence-corrected chi connectivity index (χ4v) is 0.920. The molecule has 0 aromatic heterocycles. The zero-order valence-electron chi connectivity index (χ0n) is 7.33. The highest BCUT2D eigenvalue weighted by atomic mass is 16.1. The van der Waals surface area contributed by atoms with E-state index in [9.17, 15) is 9.59 Å². The van der Waals surface area contributed by atoms with Crippen molar-refractivity contribution in [3.63, 3.8) is 0 Å². The molecule has 0 spiro atoms. The van der Waals surface area contributed by atoms with Crippen LogP contribution in [0.4, 0.5) is 5.69 Å². The normalized spacial score (nSPS) is 9.31. The van der Waals surface area contributed by atoms with Gasteiger partial charge in [-0.2, -0.15) is 0 Å². The van der Waals surface area contributed by atoms with Crippen LogP contribution in [0.25, 0.3) is 0 Å². The van der Waals surface area contributed by atoms with Gasteiger partial charge < -0.3 is 5.32 Å². The van der Waals surface area contributed by atoms with E-state index in [1.807, 2.05) is 0 Å². The number of benzene rings is 1. The zero-order valence-corrected chi connectivity index (χ0v) is 7.33. The summed E-state index contributed by atoms with van der Waals surface area (Å²) in [7, 11) is 0. The van der Waals surface area contributed by atoms with Gasteiger partial charge in [-0.1, -0.05) is 19.1 Å². The van der Waals surface area contributed by atoms with E-state index in [0.29, 0.717) is 17.7 Å². The van der Waals surface area contributed by atoms with Gasteiger partial charge in [-0.3, -0.25) is 9.59 Å². The molecule has 0 fully saturated rings. The molecule has 67 valence electrons. The van der Waals surface area contributed by atoms with Crippen LogP contribution in [0.3, 0.4) is 0 Å². The first-order chi connectivity index (χ1) is 6.27. The average molecular weight is 176 g/mol. The predicted molar refractivity (Wildman–Crippen MR) is 50.2 cm³/mol. The number of rotatable bonds is 3. The fraction of sp³-hybridized carbons (Fsp3) is 0.200. The first-order valence-electron chi connectivity index (χ1n) is 4.05. The van der Waals surface area contributed by atoms with E-state index in [0.717, 1.165) is 0 Å². The molecule has 1 aromatic rings. The molecule has 13 heavy (non-hydrogen) atoms. The Morgan fingerprint density at radius 1 is 1.46 bits per heavy atom. The van der Waals surface area contributed by atoms with Crippen LogP contribution >= 0.6 is 0 Å². The van der Waals surface area contributed by atoms with Crippen LogP contribution < -0.4 is 5.32 Å². The van der Waals surface area contributed by atoms with Crippen molar-refractivity contribution in [1.82, 2.24) is 0 Å².